The van der Waals surface area contributed by atoms with Crippen LogP contribution in [0, 0.1) is 6.92 Å². The van der Waals surface area contributed by atoms with E-state index in [-0.39, 0.29) is 12.3 Å². The van der Waals surface area contributed by atoms with Gasteiger partial charge in [0.1, 0.15) is 0 Å². The maximum Gasteiger partial charge on any atom is 0.307 e. The molecule has 0 spiro atoms. The summed E-state index contributed by atoms with van der Waals surface area (Å²) in [6.45, 7) is 4.87. The summed E-state index contributed by atoms with van der Waals surface area (Å²) in [5.74, 6) is -1.05. The van der Waals surface area contributed by atoms with E-state index in [1.807, 2.05) is 80.6 Å². The molecular formula is C29H30N4O3. The topological polar surface area (TPSA) is 103 Å². The molecule has 184 valence electrons. The molecule has 0 unspecified atom stereocenters. The third-order valence-corrected chi connectivity index (χ3v) is 5.92. The van der Waals surface area contributed by atoms with Crippen LogP contribution in [0.4, 0.5) is 17.1 Å². The Bertz CT molecular complexity index is 1400. The van der Waals surface area contributed by atoms with Crippen molar-refractivity contribution >= 4 is 39.8 Å². The molecule has 4 N–H and O–H groups in total. The number of hydrogen-bond acceptors (Lipinski definition) is 5. The molecule has 1 amide bonds. The summed E-state index contributed by atoms with van der Waals surface area (Å²) in [7, 11) is 0. The van der Waals surface area contributed by atoms with Gasteiger partial charge in [0.05, 0.1) is 11.9 Å². The van der Waals surface area contributed by atoms with Crippen LogP contribution < -0.4 is 16.0 Å². The highest BCUT2D eigenvalue weighted by Crippen LogP contribution is 2.27. The van der Waals surface area contributed by atoms with Crippen LogP contribution in [0.2, 0.25) is 0 Å². The van der Waals surface area contributed by atoms with E-state index in [0.29, 0.717) is 18.7 Å². The van der Waals surface area contributed by atoms with Crippen LogP contribution >= 0.6 is 0 Å². The third-order valence-electron chi connectivity index (χ3n) is 5.92. The maximum atomic E-state index is 12.8. The SMILES string of the molecule is CCc1cccc(CC(=O)O)c1NCCNC(=O)c1cccc(Nc2cc(C)nc3ccccc23)c1. The second-order valence-corrected chi connectivity index (χ2v) is 8.59. The maximum absolute atomic E-state index is 12.8. The van der Waals surface area contributed by atoms with E-state index in [9.17, 15) is 14.7 Å². The molecule has 0 fully saturated rings. The summed E-state index contributed by atoms with van der Waals surface area (Å²) in [6, 6.07) is 23.0. The number of pyridine rings is 1. The molecular weight excluding hydrogens is 452 g/mol. The van der Waals surface area contributed by atoms with Crippen molar-refractivity contribution in [2.24, 2.45) is 0 Å². The number of rotatable bonds is 10. The Hall–Kier alpha value is -4.39. The zero-order valence-corrected chi connectivity index (χ0v) is 20.5. The molecule has 0 aliphatic heterocycles. The van der Waals surface area contributed by atoms with E-state index in [0.717, 1.165) is 51.2 Å². The standard InChI is InChI=1S/C29H30N4O3/c1-3-20-8-6-9-21(18-27(34)35)28(20)30-14-15-31-29(36)22-10-7-11-23(17-22)33-26-16-19(2)32-25-13-5-4-12-24(25)26/h4-13,16-17,30H,3,14-15,18H2,1-2H3,(H,31,36)(H,32,33)(H,34,35). The predicted molar refractivity (Wildman–Crippen MR) is 144 cm³/mol. The number of aliphatic carboxylic acids is 1. The number of anilines is 3. The van der Waals surface area contributed by atoms with Gasteiger partial charge in [-0.1, -0.05) is 49.4 Å². The normalized spacial score (nSPS) is 10.7. The van der Waals surface area contributed by atoms with Crippen LogP contribution in [0.5, 0.6) is 0 Å². The lowest BCUT2D eigenvalue weighted by Gasteiger charge is -2.16. The van der Waals surface area contributed by atoms with Crippen LogP contribution in [-0.4, -0.2) is 35.1 Å². The number of benzene rings is 3. The van der Waals surface area contributed by atoms with Crippen molar-refractivity contribution in [3.05, 3.63) is 95.2 Å². The quantitative estimate of drug-likeness (QED) is 0.228. The Labute approximate surface area is 210 Å². The number of carboxylic acid groups (broad SMARTS) is 1. The molecule has 0 aliphatic rings. The molecule has 36 heavy (non-hydrogen) atoms. The fraction of sp³-hybridized carbons (Fsp3) is 0.207. The lowest BCUT2D eigenvalue weighted by Crippen LogP contribution is -2.29. The lowest BCUT2D eigenvalue weighted by atomic mass is 10.0. The number of nitrogens with zero attached hydrogens (tertiary/aromatic N) is 1. The Morgan fingerprint density at radius 1 is 0.917 bits per heavy atom. The monoisotopic (exact) mass is 482 g/mol. The highest BCUT2D eigenvalue weighted by molar-refractivity contribution is 5.96. The molecule has 3 aromatic carbocycles. The Morgan fingerprint density at radius 2 is 1.69 bits per heavy atom. The van der Waals surface area contributed by atoms with Crippen LogP contribution in [0.25, 0.3) is 10.9 Å². The number of hydrogen-bond donors (Lipinski definition) is 4. The lowest BCUT2D eigenvalue weighted by molar-refractivity contribution is -0.136. The molecule has 0 radical (unpaired) electrons. The van der Waals surface area contributed by atoms with Gasteiger partial charge in [0.25, 0.3) is 5.91 Å². The van der Waals surface area contributed by atoms with Crippen molar-refractivity contribution in [3.8, 4) is 0 Å². The average Bonchev–Trinajstić information content (AvgIpc) is 2.86. The largest absolute Gasteiger partial charge is 0.481 e. The molecule has 0 aliphatic carbocycles. The van der Waals surface area contributed by atoms with Crippen LogP contribution in [0.1, 0.15) is 34.1 Å². The number of para-hydroxylation sites is 2. The first-order chi connectivity index (χ1) is 17.4. The highest BCUT2D eigenvalue weighted by Gasteiger charge is 2.11. The first kappa shape index (κ1) is 24.7. The Balaban J connectivity index is 1.40. The summed E-state index contributed by atoms with van der Waals surface area (Å²) >= 11 is 0. The number of carbonyl (C=O) groups excluding carboxylic acids is 1. The molecule has 0 saturated carbocycles. The summed E-state index contributed by atoms with van der Waals surface area (Å²) in [5.41, 5.74) is 6.76. The predicted octanol–water partition coefficient (Wildman–Crippen LogP) is 5.32. The smallest absolute Gasteiger partial charge is 0.307 e. The van der Waals surface area contributed by atoms with E-state index in [2.05, 4.69) is 20.9 Å². The van der Waals surface area contributed by atoms with Gasteiger partial charge < -0.3 is 21.1 Å². The fourth-order valence-electron chi connectivity index (χ4n) is 4.26. The third kappa shape index (κ3) is 5.99. The number of carboxylic acids is 1. The molecule has 0 atom stereocenters. The second-order valence-electron chi connectivity index (χ2n) is 8.59. The minimum Gasteiger partial charge on any atom is -0.481 e. The van der Waals surface area contributed by atoms with Crippen molar-refractivity contribution < 1.29 is 14.7 Å². The fourth-order valence-corrected chi connectivity index (χ4v) is 4.26. The van der Waals surface area contributed by atoms with Gasteiger partial charge in [-0.05, 0) is 54.8 Å². The summed E-state index contributed by atoms with van der Waals surface area (Å²) in [6.07, 6.45) is 0.739. The Kier molecular flexibility index (Phi) is 7.80. The zero-order chi connectivity index (χ0) is 25.5. The van der Waals surface area contributed by atoms with Gasteiger partial charge in [-0.25, -0.2) is 0 Å². The molecule has 1 aromatic heterocycles. The van der Waals surface area contributed by atoms with Gasteiger partial charge in [0.15, 0.2) is 0 Å². The first-order valence-corrected chi connectivity index (χ1v) is 12.0. The molecule has 1 heterocycles. The summed E-state index contributed by atoms with van der Waals surface area (Å²) < 4.78 is 0. The van der Waals surface area contributed by atoms with E-state index < -0.39 is 5.97 Å². The van der Waals surface area contributed by atoms with Crippen molar-refractivity contribution in [2.45, 2.75) is 26.7 Å². The average molecular weight is 483 g/mol. The number of fused-ring (bicyclic) bond motifs is 1. The Morgan fingerprint density at radius 3 is 2.50 bits per heavy atom. The number of aromatic nitrogens is 1. The van der Waals surface area contributed by atoms with Crippen LogP contribution in [-0.2, 0) is 17.6 Å². The molecule has 4 rings (SSSR count). The van der Waals surface area contributed by atoms with Crippen molar-refractivity contribution in [3.63, 3.8) is 0 Å². The second kappa shape index (κ2) is 11.4. The molecule has 0 saturated heterocycles. The first-order valence-electron chi connectivity index (χ1n) is 12.0. The number of nitrogens with one attached hydrogen (secondary N) is 3. The molecule has 0 bridgehead atoms. The van der Waals surface area contributed by atoms with Gasteiger partial charge in [-0.15, -0.1) is 0 Å². The van der Waals surface area contributed by atoms with E-state index in [1.54, 1.807) is 6.07 Å². The van der Waals surface area contributed by atoms with Gasteiger partial charge in [0, 0.05) is 46.8 Å². The van der Waals surface area contributed by atoms with Crippen LogP contribution in [0.15, 0.2) is 72.8 Å². The van der Waals surface area contributed by atoms with Gasteiger partial charge in [-0.3, -0.25) is 14.6 Å². The van der Waals surface area contributed by atoms with Crippen molar-refractivity contribution in [2.75, 3.05) is 23.7 Å². The number of amides is 1. The van der Waals surface area contributed by atoms with Crippen molar-refractivity contribution in [1.29, 1.82) is 0 Å². The van der Waals surface area contributed by atoms with E-state index >= 15 is 0 Å². The van der Waals surface area contributed by atoms with Gasteiger partial charge >= 0.3 is 5.97 Å². The van der Waals surface area contributed by atoms with E-state index in [1.165, 1.54) is 0 Å². The highest BCUT2D eigenvalue weighted by atomic mass is 16.4. The van der Waals surface area contributed by atoms with Crippen LogP contribution in [0.3, 0.4) is 0 Å². The van der Waals surface area contributed by atoms with Gasteiger partial charge in [0.2, 0.25) is 0 Å². The molecule has 7 heteroatoms. The molecule has 7 nitrogen and oxygen atoms in total. The van der Waals surface area contributed by atoms with Crippen molar-refractivity contribution in [1.82, 2.24) is 10.3 Å². The number of aryl methyl sites for hydroxylation is 2. The minimum absolute atomic E-state index is 0.0470. The summed E-state index contributed by atoms with van der Waals surface area (Å²) in [5, 5.41) is 19.9. The van der Waals surface area contributed by atoms with E-state index in [4.69, 9.17) is 0 Å². The zero-order valence-electron chi connectivity index (χ0n) is 20.5. The molecule has 4 aromatic rings. The number of carbonyl (C=O) groups is 2. The minimum atomic E-state index is -0.872. The summed E-state index contributed by atoms with van der Waals surface area (Å²) in [4.78, 5) is 28.6. The van der Waals surface area contributed by atoms with Gasteiger partial charge in [-0.2, -0.15) is 0 Å².